The Morgan fingerprint density at radius 3 is 2.58 bits per heavy atom. The molecule has 1 N–H and O–H groups in total. The average Bonchev–Trinajstić information content (AvgIpc) is 3.04. The zero-order valence-electron chi connectivity index (χ0n) is 11.7. The van der Waals surface area contributed by atoms with E-state index in [1.54, 1.807) is 0 Å². The van der Waals surface area contributed by atoms with E-state index in [1.807, 2.05) is 18.2 Å². The molecule has 2 aliphatic rings. The Hall–Kier alpha value is -1.35. The second-order valence-electron chi connectivity index (χ2n) is 5.90. The van der Waals surface area contributed by atoms with Crippen LogP contribution < -0.4 is 5.32 Å². The third kappa shape index (κ3) is 2.39. The topological polar surface area (TPSA) is 32.3 Å². The van der Waals surface area contributed by atoms with Crippen molar-refractivity contribution in [3.63, 3.8) is 0 Å². The van der Waals surface area contributed by atoms with Crippen molar-refractivity contribution in [1.29, 1.82) is 0 Å². The Morgan fingerprint density at radius 1 is 1.32 bits per heavy atom. The minimum Gasteiger partial charge on any atom is -0.321 e. The van der Waals surface area contributed by atoms with E-state index in [0.29, 0.717) is 5.92 Å². The van der Waals surface area contributed by atoms with E-state index in [0.717, 1.165) is 18.9 Å². The number of benzene rings is 1. The number of amides is 1. The maximum absolute atomic E-state index is 12.5. The van der Waals surface area contributed by atoms with Gasteiger partial charge in [-0.25, -0.2) is 0 Å². The molecule has 3 nitrogen and oxygen atoms in total. The zero-order valence-corrected chi connectivity index (χ0v) is 11.7. The van der Waals surface area contributed by atoms with Gasteiger partial charge in [0.05, 0.1) is 6.04 Å². The quantitative estimate of drug-likeness (QED) is 0.900. The molecule has 4 unspecified atom stereocenters. The van der Waals surface area contributed by atoms with Gasteiger partial charge in [-0.2, -0.15) is 0 Å². The summed E-state index contributed by atoms with van der Waals surface area (Å²) in [5.74, 6) is 1.76. The molecule has 3 rings (SSSR count). The van der Waals surface area contributed by atoms with Gasteiger partial charge in [-0.05, 0) is 30.2 Å². The molecule has 1 aromatic rings. The molecule has 19 heavy (non-hydrogen) atoms. The molecule has 102 valence electrons. The Kier molecular flexibility index (Phi) is 3.31. The highest BCUT2D eigenvalue weighted by molar-refractivity contribution is 5.84. The molecule has 1 aliphatic heterocycles. The monoisotopic (exact) mass is 258 g/mol. The Labute approximate surface area is 115 Å². The number of carbonyl (C=O) groups excluding carboxylic acids is 1. The summed E-state index contributed by atoms with van der Waals surface area (Å²) < 4.78 is 0. The molecule has 1 aliphatic carbocycles. The van der Waals surface area contributed by atoms with E-state index in [2.05, 4.69) is 36.2 Å². The maximum atomic E-state index is 12.5. The molecule has 2 fully saturated rings. The molecular weight excluding hydrogens is 236 g/mol. The fraction of sp³-hybridized carbons (Fsp3) is 0.562. The lowest BCUT2D eigenvalue weighted by atomic mass is 10.1. The molecule has 1 heterocycles. The lowest BCUT2D eigenvalue weighted by Crippen LogP contribution is -2.33. The largest absolute Gasteiger partial charge is 0.321 e. The van der Waals surface area contributed by atoms with E-state index in [9.17, 15) is 4.79 Å². The molecule has 0 radical (unpaired) electrons. The van der Waals surface area contributed by atoms with Crippen molar-refractivity contribution >= 4 is 5.91 Å². The summed E-state index contributed by atoms with van der Waals surface area (Å²) in [4.78, 5) is 14.5. The van der Waals surface area contributed by atoms with Gasteiger partial charge >= 0.3 is 0 Å². The Bertz CT molecular complexity index is 459. The van der Waals surface area contributed by atoms with E-state index in [1.165, 1.54) is 12.0 Å². The number of nitrogens with zero attached hydrogens (tertiary/aromatic N) is 1. The van der Waals surface area contributed by atoms with Crippen LogP contribution in [0.15, 0.2) is 30.3 Å². The van der Waals surface area contributed by atoms with Crippen LogP contribution in [0.2, 0.25) is 0 Å². The van der Waals surface area contributed by atoms with Crippen LogP contribution in [-0.4, -0.2) is 23.4 Å². The van der Waals surface area contributed by atoms with Gasteiger partial charge in [0.1, 0.15) is 6.17 Å². The number of hydrogen-bond donors (Lipinski definition) is 1. The minimum absolute atomic E-state index is 0.0146. The number of carbonyl (C=O) groups is 1. The third-order valence-electron chi connectivity index (χ3n) is 4.48. The van der Waals surface area contributed by atoms with E-state index in [4.69, 9.17) is 0 Å². The predicted molar refractivity (Wildman–Crippen MR) is 75.4 cm³/mol. The lowest BCUT2D eigenvalue weighted by Gasteiger charge is -2.24. The first-order valence-corrected chi connectivity index (χ1v) is 7.32. The fourth-order valence-corrected chi connectivity index (χ4v) is 2.98. The molecule has 1 saturated heterocycles. The van der Waals surface area contributed by atoms with E-state index < -0.39 is 0 Å². The molecule has 1 saturated carbocycles. The van der Waals surface area contributed by atoms with Crippen molar-refractivity contribution in [2.24, 2.45) is 11.8 Å². The predicted octanol–water partition coefficient (Wildman–Crippen LogP) is 2.55. The van der Waals surface area contributed by atoms with Crippen LogP contribution in [0.1, 0.15) is 38.4 Å². The van der Waals surface area contributed by atoms with Crippen molar-refractivity contribution in [3.05, 3.63) is 35.9 Å². The van der Waals surface area contributed by atoms with Gasteiger partial charge in [0, 0.05) is 6.54 Å². The SMILES string of the molecule is CCC1NC(c2ccccc2)N(CC2CC2C)C1=O. The molecule has 0 aromatic heterocycles. The Balaban J connectivity index is 1.81. The molecular formula is C16H22N2O. The molecule has 1 amide bonds. The van der Waals surface area contributed by atoms with E-state index in [-0.39, 0.29) is 18.1 Å². The van der Waals surface area contributed by atoms with Crippen molar-refractivity contribution < 1.29 is 4.79 Å². The summed E-state index contributed by atoms with van der Waals surface area (Å²) in [6, 6.07) is 10.3. The van der Waals surface area contributed by atoms with Crippen LogP contribution in [0, 0.1) is 11.8 Å². The van der Waals surface area contributed by atoms with Crippen LogP contribution in [0.3, 0.4) is 0 Å². The highest BCUT2D eigenvalue weighted by Crippen LogP contribution is 2.40. The minimum atomic E-state index is -0.0146. The summed E-state index contributed by atoms with van der Waals surface area (Å²) in [5, 5.41) is 3.48. The first kappa shape index (κ1) is 12.7. The highest BCUT2D eigenvalue weighted by atomic mass is 16.2. The lowest BCUT2D eigenvalue weighted by molar-refractivity contribution is -0.130. The summed E-state index contributed by atoms with van der Waals surface area (Å²) >= 11 is 0. The van der Waals surface area contributed by atoms with Gasteiger partial charge in [0.2, 0.25) is 5.91 Å². The van der Waals surface area contributed by atoms with Gasteiger partial charge < -0.3 is 4.90 Å². The van der Waals surface area contributed by atoms with Crippen LogP contribution in [0.5, 0.6) is 0 Å². The first-order valence-electron chi connectivity index (χ1n) is 7.32. The van der Waals surface area contributed by atoms with Gasteiger partial charge in [-0.15, -0.1) is 0 Å². The molecule has 3 heteroatoms. The van der Waals surface area contributed by atoms with Crippen molar-refractivity contribution in [1.82, 2.24) is 10.2 Å². The maximum Gasteiger partial charge on any atom is 0.241 e. The molecule has 4 atom stereocenters. The number of hydrogen-bond acceptors (Lipinski definition) is 2. The standard InChI is InChI=1S/C16H22N2O/c1-3-14-16(19)18(10-13-9-11(13)2)15(17-14)12-7-5-4-6-8-12/h4-8,11,13-15,17H,3,9-10H2,1-2H3. The van der Waals surface area contributed by atoms with Crippen LogP contribution >= 0.6 is 0 Å². The number of rotatable bonds is 4. The average molecular weight is 258 g/mol. The van der Waals surface area contributed by atoms with Gasteiger partial charge in [0.25, 0.3) is 0 Å². The molecule has 0 spiro atoms. The summed E-state index contributed by atoms with van der Waals surface area (Å²) in [6.45, 7) is 5.25. The Morgan fingerprint density at radius 2 is 2.00 bits per heavy atom. The van der Waals surface area contributed by atoms with Crippen molar-refractivity contribution in [2.45, 2.75) is 38.9 Å². The van der Waals surface area contributed by atoms with Crippen LogP contribution in [0.25, 0.3) is 0 Å². The normalized spacial score (nSPS) is 33.8. The molecule has 1 aromatic carbocycles. The fourth-order valence-electron chi connectivity index (χ4n) is 2.98. The smallest absolute Gasteiger partial charge is 0.241 e. The van der Waals surface area contributed by atoms with Crippen molar-refractivity contribution in [3.8, 4) is 0 Å². The van der Waals surface area contributed by atoms with Gasteiger partial charge in [-0.3, -0.25) is 10.1 Å². The van der Waals surface area contributed by atoms with Gasteiger partial charge in [0.15, 0.2) is 0 Å². The third-order valence-corrected chi connectivity index (χ3v) is 4.48. The molecule has 0 bridgehead atoms. The second-order valence-corrected chi connectivity index (χ2v) is 5.90. The van der Waals surface area contributed by atoms with Crippen LogP contribution in [-0.2, 0) is 4.79 Å². The van der Waals surface area contributed by atoms with Crippen molar-refractivity contribution in [2.75, 3.05) is 6.54 Å². The van der Waals surface area contributed by atoms with E-state index >= 15 is 0 Å². The van der Waals surface area contributed by atoms with Crippen LogP contribution in [0.4, 0.5) is 0 Å². The summed E-state index contributed by atoms with van der Waals surface area (Å²) in [6.07, 6.45) is 2.19. The number of nitrogens with one attached hydrogen (secondary N) is 1. The van der Waals surface area contributed by atoms with Gasteiger partial charge in [-0.1, -0.05) is 44.2 Å². The zero-order chi connectivity index (χ0) is 13.4. The summed E-state index contributed by atoms with van der Waals surface area (Å²) in [5.41, 5.74) is 1.19. The first-order chi connectivity index (χ1) is 9.20. The summed E-state index contributed by atoms with van der Waals surface area (Å²) in [7, 11) is 0. The second kappa shape index (κ2) is 4.97. The highest BCUT2D eigenvalue weighted by Gasteiger charge is 2.43.